The number of hydrogen-bond acceptors (Lipinski definition) is 6. The number of aryl methyl sites for hydroxylation is 1. The molecule has 0 unspecified atom stereocenters. The summed E-state index contributed by atoms with van der Waals surface area (Å²) in [5.74, 6) is -0.0491. The molecule has 31 heavy (non-hydrogen) atoms. The summed E-state index contributed by atoms with van der Waals surface area (Å²) in [5, 5.41) is 0. The lowest BCUT2D eigenvalue weighted by Crippen LogP contribution is -2.22. The van der Waals surface area contributed by atoms with E-state index in [9.17, 15) is 18.0 Å². The maximum Gasteiger partial charge on any atom is 0.326 e. The van der Waals surface area contributed by atoms with Crippen LogP contribution in [0.2, 0.25) is 0 Å². The number of carbonyl (C=O) groups is 1. The summed E-state index contributed by atoms with van der Waals surface area (Å²) in [6.07, 6.45) is 1.14. The van der Waals surface area contributed by atoms with Crippen molar-refractivity contribution in [1.29, 1.82) is 0 Å². The van der Waals surface area contributed by atoms with Crippen LogP contribution in [0.1, 0.15) is 24.8 Å². The monoisotopic (exact) mass is 442 g/mol. The van der Waals surface area contributed by atoms with E-state index in [4.69, 9.17) is 4.74 Å². The number of esters is 1. The van der Waals surface area contributed by atoms with Crippen LogP contribution in [0, 0.1) is 0 Å². The summed E-state index contributed by atoms with van der Waals surface area (Å²) in [6, 6.07) is 14.1. The lowest BCUT2D eigenvalue weighted by Gasteiger charge is -2.06. The maximum atomic E-state index is 12.0. The second-order valence-corrected chi connectivity index (χ2v) is 8.76. The minimum atomic E-state index is -3.56. The zero-order chi connectivity index (χ0) is 21.8. The molecule has 0 amide bonds. The number of fused-ring (bicyclic) bond motifs is 2. The van der Waals surface area contributed by atoms with E-state index in [0.717, 1.165) is 11.0 Å². The molecule has 0 saturated heterocycles. The van der Waals surface area contributed by atoms with Gasteiger partial charge in [0.1, 0.15) is 5.84 Å². The highest BCUT2D eigenvalue weighted by Gasteiger charge is 2.29. The number of aromatic nitrogens is 2. The van der Waals surface area contributed by atoms with Crippen LogP contribution in [0.3, 0.4) is 0 Å². The van der Waals surface area contributed by atoms with Gasteiger partial charge in [0.05, 0.1) is 22.5 Å². The van der Waals surface area contributed by atoms with Gasteiger partial charge in [-0.3, -0.25) is 19.1 Å². The van der Waals surface area contributed by atoms with E-state index in [1.165, 1.54) is 6.07 Å². The van der Waals surface area contributed by atoms with Crippen molar-refractivity contribution >= 4 is 32.9 Å². The average Bonchev–Trinajstić information content (AvgIpc) is 3.21. The van der Waals surface area contributed by atoms with Crippen LogP contribution in [0.15, 0.2) is 63.2 Å². The summed E-state index contributed by atoms with van der Waals surface area (Å²) in [4.78, 5) is 31.2. The van der Waals surface area contributed by atoms with Crippen LogP contribution in [0.5, 0.6) is 0 Å². The fourth-order valence-corrected chi connectivity index (χ4v) is 4.73. The SMILES string of the molecule is O=C(CCCN=C1NS(=O)(=O)c2ccccc21)OCCCn1c(=O)[nH]c2ccccc21. The Labute approximate surface area is 178 Å². The quantitative estimate of drug-likeness (QED) is 0.407. The molecule has 1 aliphatic rings. The third kappa shape index (κ3) is 4.53. The standard InChI is InChI=1S/C21H22N4O5S/c26-19(30-14-6-13-25-17-9-3-2-8-16(17)23-21(25)27)11-5-12-22-20-15-7-1-4-10-18(15)31(28,29)24-20/h1-4,7-10H,5-6,11-14H2,(H,22,24)(H,23,27). The van der Waals surface area contributed by atoms with Crippen LogP contribution in [-0.2, 0) is 26.1 Å². The van der Waals surface area contributed by atoms with Crippen molar-refractivity contribution in [2.24, 2.45) is 4.99 Å². The first kappa shape index (κ1) is 20.9. The molecule has 0 bridgehead atoms. The number of rotatable bonds is 8. The van der Waals surface area contributed by atoms with Gasteiger partial charge in [-0.05, 0) is 37.1 Å². The van der Waals surface area contributed by atoms with E-state index >= 15 is 0 Å². The fraction of sp³-hybridized carbons (Fsp3) is 0.286. The summed E-state index contributed by atoms with van der Waals surface area (Å²) in [7, 11) is -3.56. The third-order valence-electron chi connectivity index (χ3n) is 4.94. The van der Waals surface area contributed by atoms with Gasteiger partial charge < -0.3 is 9.72 Å². The number of H-pyrrole nitrogens is 1. The normalized spacial score (nSPS) is 15.7. The number of nitrogens with zero attached hydrogens (tertiary/aromatic N) is 2. The zero-order valence-electron chi connectivity index (χ0n) is 16.7. The highest BCUT2D eigenvalue weighted by atomic mass is 32.2. The van der Waals surface area contributed by atoms with Gasteiger partial charge >= 0.3 is 11.7 Å². The lowest BCUT2D eigenvalue weighted by molar-refractivity contribution is -0.143. The van der Waals surface area contributed by atoms with Crippen molar-refractivity contribution < 1.29 is 17.9 Å². The molecule has 2 aromatic carbocycles. The van der Waals surface area contributed by atoms with Gasteiger partial charge in [-0.2, -0.15) is 0 Å². The Morgan fingerprint density at radius 3 is 2.71 bits per heavy atom. The number of sulfonamides is 1. The molecule has 162 valence electrons. The topological polar surface area (TPSA) is 123 Å². The van der Waals surface area contributed by atoms with Gasteiger partial charge in [0.25, 0.3) is 10.0 Å². The Hall–Kier alpha value is -3.40. The average molecular weight is 442 g/mol. The van der Waals surface area contributed by atoms with Crippen LogP contribution in [0.25, 0.3) is 11.0 Å². The molecule has 1 aliphatic heterocycles. The Morgan fingerprint density at radius 2 is 1.84 bits per heavy atom. The number of benzene rings is 2. The first-order chi connectivity index (χ1) is 15.0. The van der Waals surface area contributed by atoms with Crippen molar-refractivity contribution in [3.05, 3.63) is 64.6 Å². The fourth-order valence-electron chi connectivity index (χ4n) is 3.48. The van der Waals surface area contributed by atoms with E-state index in [0.29, 0.717) is 37.3 Å². The maximum absolute atomic E-state index is 12.0. The minimum Gasteiger partial charge on any atom is -0.466 e. The molecule has 9 nitrogen and oxygen atoms in total. The molecule has 0 fully saturated rings. The van der Waals surface area contributed by atoms with Crippen LogP contribution >= 0.6 is 0 Å². The Balaban J connectivity index is 1.21. The molecule has 10 heteroatoms. The van der Waals surface area contributed by atoms with E-state index in [1.54, 1.807) is 22.8 Å². The number of nitrogens with one attached hydrogen (secondary N) is 2. The molecule has 3 aromatic rings. The predicted octanol–water partition coefficient (Wildman–Crippen LogP) is 1.78. The lowest BCUT2D eigenvalue weighted by atomic mass is 10.2. The van der Waals surface area contributed by atoms with Crippen molar-refractivity contribution in [2.75, 3.05) is 13.2 Å². The van der Waals surface area contributed by atoms with Gasteiger partial charge in [-0.25, -0.2) is 13.2 Å². The molecule has 0 aliphatic carbocycles. The third-order valence-corrected chi connectivity index (χ3v) is 6.34. The molecule has 0 radical (unpaired) electrons. The van der Waals surface area contributed by atoms with Gasteiger partial charge in [-0.15, -0.1) is 0 Å². The minimum absolute atomic E-state index is 0.179. The van der Waals surface area contributed by atoms with Crippen molar-refractivity contribution in [1.82, 2.24) is 14.3 Å². The van der Waals surface area contributed by atoms with E-state index in [2.05, 4.69) is 14.7 Å². The molecule has 0 spiro atoms. The summed E-state index contributed by atoms with van der Waals surface area (Å²) >= 11 is 0. The molecule has 2 N–H and O–H groups in total. The van der Waals surface area contributed by atoms with Gasteiger partial charge in [0, 0.05) is 25.1 Å². The Morgan fingerprint density at radius 1 is 1.06 bits per heavy atom. The first-order valence-electron chi connectivity index (χ1n) is 9.95. The number of ether oxygens (including phenoxy) is 1. The molecular formula is C21H22N4O5S. The molecule has 2 heterocycles. The zero-order valence-corrected chi connectivity index (χ0v) is 17.5. The molecule has 0 saturated carbocycles. The van der Waals surface area contributed by atoms with Crippen LogP contribution in [0.4, 0.5) is 0 Å². The molecule has 4 rings (SSSR count). The highest BCUT2D eigenvalue weighted by Crippen LogP contribution is 2.22. The number of amidine groups is 1. The number of carbonyl (C=O) groups excluding carboxylic acids is 1. The van der Waals surface area contributed by atoms with Gasteiger partial charge in [0.15, 0.2) is 0 Å². The molecular weight excluding hydrogens is 420 g/mol. The number of imidazole rings is 1. The first-order valence-corrected chi connectivity index (χ1v) is 11.4. The van der Waals surface area contributed by atoms with Crippen LogP contribution < -0.4 is 10.4 Å². The molecule has 0 atom stereocenters. The van der Waals surface area contributed by atoms with Crippen molar-refractivity contribution in [2.45, 2.75) is 30.7 Å². The van der Waals surface area contributed by atoms with Gasteiger partial charge in [0.2, 0.25) is 0 Å². The summed E-state index contributed by atoms with van der Waals surface area (Å²) in [5.41, 5.74) is 1.95. The van der Waals surface area contributed by atoms with E-state index in [-0.39, 0.29) is 29.6 Å². The van der Waals surface area contributed by atoms with Gasteiger partial charge in [-0.1, -0.05) is 24.3 Å². The van der Waals surface area contributed by atoms with E-state index in [1.807, 2.05) is 24.3 Å². The summed E-state index contributed by atoms with van der Waals surface area (Å²) < 4.78 is 33.4. The predicted molar refractivity (Wildman–Crippen MR) is 116 cm³/mol. The summed E-state index contributed by atoms with van der Waals surface area (Å²) in [6.45, 7) is 0.960. The van der Waals surface area contributed by atoms with Crippen molar-refractivity contribution in [3.63, 3.8) is 0 Å². The van der Waals surface area contributed by atoms with Crippen LogP contribution in [-0.4, -0.2) is 42.9 Å². The number of aliphatic imine (C=N–C) groups is 1. The second kappa shape index (κ2) is 8.76. The number of hydrogen-bond donors (Lipinski definition) is 2. The second-order valence-electron chi connectivity index (χ2n) is 7.11. The van der Waals surface area contributed by atoms with E-state index < -0.39 is 10.0 Å². The van der Waals surface area contributed by atoms with Crippen molar-refractivity contribution in [3.8, 4) is 0 Å². The largest absolute Gasteiger partial charge is 0.466 e. The Bertz CT molecular complexity index is 1310. The molecule has 1 aromatic heterocycles. The highest BCUT2D eigenvalue weighted by molar-refractivity contribution is 7.90. The Kier molecular flexibility index (Phi) is 5.90. The number of para-hydroxylation sites is 2. The number of aromatic amines is 1. The smallest absolute Gasteiger partial charge is 0.326 e.